The van der Waals surface area contributed by atoms with Crippen molar-refractivity contribution < 1.29 is 9.53 Å². The minimum atomic E-state index is 0.253. The van der Waals surface area contributed by atoms with Crippen LogP contribution in [0.5, 0.6) is 11.5 Å². The Bertz CT molecular complexity index is 629. The number of Topliss-reactive ketones (excluding diaryl/α,β-unsaturated/α-hetero) is 1. The topological polar surface area (TPSA) is 26.3 Å². The van der Waals surface area contributed by atoms with Crippen molar-refractivity contribution in [2.75, 3.05) is 0 Å². The SMILES string of the molecule is Cc1ccccc1Oc1ccc2c(c1)CCCC2=O. The predicted octanol–water partition coefficient (Wildman–Crippen LogP) is 4.31. The Morgan fingerprint density at radius 3 is 2.74 bits per heavy atom. The van der Waals surface area contributed by atoms with E-state index in [1.165, 1.54) is 0 Å². The van der Waals surface area contributed by atoms with E-state index in [1.807, 2.05) is 49.4 Å². The lowest BCUT2D eigenvalue weighted by Crippen LogP contribution is -2.10. The number of hydrogen-bond donors (Lipinski definition) is 0. The molecule has 96 valence electrons. The number of fused-ring (bicyclic) bond motifs is 1. The Morgan fingerprint density at radius 2 is 1.89 bits per heavy atom. The standard InChI is InChI=1S/C17H16O2/c1-12-5-2-3-8-17(12)19-14-9-10-15-13(11-14)6-4-7-16(15)18/h2-3,5,8-11H,4,6-7H2,1H3. The first-order valence-corrected chi connectivity index (χ1v) is 6.63. The molecule has 0 fully saturated rings. The van der Waals surface area contributed by atoms with Gasteiger partial charge in [0.2, 0.25) is 0 Å². The van der Waals surface area contributed by atoms with Gasteiger partial charge >= 0.3 is 0 Å². The van der Waals surface area contributed by atoms with E-state index in [2.05, 4.69) is 0 Å². The second-order valence-corrected chi connectivity index (χ2v) is 4.96. The van der Waals surface area contributed by atoms with E-state index >= 15 is 0 Å². The molecule has 19 heavy (non-hydrogen) atoms. The Kier molecular flexibility index (Phi) is 3.08. The molecule has 2 aromatic rings. The van der Waals surface area contributed by atoms with Crippen LogP contribution in [0.2, 0.25) is 0 Å². The van der Waals surface area contributed by atoms with E-state index in [0.29, 0.717) is 6.42 Å². The molecule has 0 atom stereocenters. The van der Waals surface area contributed by atoms with Gasteiger partial charge < -0.3 is 4.74 Å². The fourth-order valence-electron chi connectivity index (χ4n) is 2.48. The molecule has 0 heterocycles. The number of rotatable bonds is 2. The summed E-state index contributed by atoms with van der Waals surface area (Å²) >= 11 is 0. The van der Waals surface area contributed by atoms with Crippen LogP contribution in [0.15, 0.2) is 42.5 Å². The second-order valence-electron chi connectivity index (χ2n) is 4.96. The van der Waals surface area contributed by atoms with Crippen LogP contribution in [0.4, 0.5) is 0 Å². The molecular formula is C17H16O2. The van der Waals surface area contributed by atoms with Gasteiger partial charge in [0.1, 0.15) is 11.5 Å². The highest BCUT2D eigenvalue weighted by Crippen LogP contribution is 2.29. The minimum absolute atomic E-state index is 0.253. The molecule has 0 radical (unpaired) electrons. The molecule has 0 unspecified atom stereocenters. The number of ketones is 1. The normalized spacial score (nSPS) is 14.1. The maximum Gasteiger partial charge on any atom is 0.163 e. The van der Waals surface area contributed by atoms with Gasteiger partial charge in [-0.15, -0.1) is 0 Å². The molecule has 0 saturated carbocycles. The number of para-hydroxylation sites is 1. The highest BCUT2D eigenvalue weighted by Gasteiger charge is 2.17. The summed E-state index contributed by atoms with van der Waals surface area (Å²) in [5.41, 5.74) is 3.09. The zero-order valence-electron chi connectivity index (χ0n) is 11.0. The first kappa shape index (κ1) is 12.0. The van der Waals surface area contributed by atoms with E-state index in [0.717, 1.165) is 41.0 Å². The first-order chi connectivity index (χ1) is 9.24. The Labute approximate surface area is 113 Å². The van der Waals surface area contributed by atoms with Crippen molar-refractivity contribution in [3.05, 3.63) is 59.2 Å². The molecule has 0 bridgehead atoms. The fraction of sp³-hybridized carbons (Fsp3) is 0.235. The summed E-state index contributed by atoms with van der Waals surface area (Å²) in [5, 5.41) is 0. The average molecular weight is 252 g/mol. The molecule has 0 saturated heterocycles. The highest BCUT2D eigenvalue weighted by molar-refractivity contribution is 5.98. The summed E-state index contributed by atoms with van der Waals surface area (Å²) in [5.74, 6) is 1.93. The molecular weight excluding hydrogens is 236 g/mol. The third-order valence-electron chi connectivity index (χ3n) is 3.55. The highest BCUT2D eigenvalue weighted by atomic mass is 16.5. The minimum Gasteiger partial charge on any atom is -0.457 e. The number of hydrogen-bond acceptors (Lipinski definition) is 2. The van der Waals surface area contributed by atoms with Crippen LogP contribution < -0.4 is 4.74 Å². The van der Waals surface area contributed by atoms with Gasteiger partial charge in [0.25, 0.3) is 0 Å². The van der Waals surface area contributed by atoms with E-state index in [1.54, 1.807) is 0 Å². The fourth-order valence-corrected chi connectivity index (χ4v) is 2.48. The number of ether oxygens (including phenoxy) is 1. The molecule has 1 aliphatic rings. The molecule has 0 N–H and O–H groups in total. The molecule has 3 rings (SSSR count). The molecule has 0 spiro atoms. The van der Waals surface area contributed by atoms with Gasteiger partial charge in [-0.1, -0.05) is 18.2 Å². The maximum atomic E-state index is 11.8. The zero-order chi connectivity index (χ0) is 13.2. The Hall–Kier alpha value is -2.09. The second kappa shape index (κ2) is 4.88. The third-order valence-corrected chi connectivity index (χ3v) is 3.55. The van der Waals surface area contributed by atoms with E-state index < -0.39 is 0 Å². The van der Waals surface area contributed by atoms with E-state index in [-0.39, 0.29) is 5.78 Å². The van der Waals surface area contributed by atoms with Gasteiger partial charge in [-0.2, -0.15) is 0 Å². The predicted molar refractivity (Wildman–Crippen MR) is 75.0 cm³/mol. The van der Waals surface area contributed by atoms with E-state index in [4.69, 9.17) is 4.74 Å². The lowest BCUT2D eigenvalue weighted by Gasteiger charge is -2.16. The van der Waals surface area contributed by atoms with Crippen molar-refractivity contribution in [1.29, 1.82) is 0 Å². The summed E-state index contributed by atoms with van der Waals surface area (Å²) in [6.07, 6.45) is 2.58. The number of benzene rings is 2. The molecule has 0 aromatic heterocycles. The van der Waals surface area contributed by atoms with Gasteiger partial charge in [0.05, 0.1) is 0 Å². The van der Waals surface area contributed by atoms with Gasteiger partial charge in [0.15, 0.2) is 5.78 Å². The van der Waals surface area contributed by atoms with Gasteiger partial charge in [-0.25, -0.2) is 0 Å². The van der Waals surface area contributed by atoms with Crippen molar-refractivity contribution in [2.45, 2.75) is 26.2 Å². The van der Waals surface area contributed by atoms with Crippen molar-refractivity contribution in [3.63, 3.8) is 0 Å². The lowest BCUT2D eigenvalue weighted by atomic mass is 9.90. The van der Waals surface area contributed by atoms with Crippen LogP contribution >= 0.6 is 0 Å². The van der Waals surface area contributed by atoms with Crippen molar-refractivity contribution >= 4 is 5.78 Å². The van der Waals surface area contributed by atoms with Gasteiger partial charge in [-0.3, -0.25) is 4.79 Å². The van der Waals surface area contributed by atoms with Crippen LogP contribution in [0.3, 0.4) is 0 Å². The zero-order valence-corrected chi connectivity index (χ0v) is 11.0. The largest absolute Gasteiger partial charge is 0.457 e. The van der Waals surface area contributed by atoms with Crippen LogP contribution in [0.25, 0.3) is 0 Å². The maximum absolute atomic E-state index is 11.8. The first-order valence-electron chi connectivity index (χ1n) is 6.63. The number of carbonyl (C=O) groups is 1. The van der Waals surface area contributed by atoms with Crippen LogP contribution in [-0.2, 0) is 6.42 Å². The van der Waals surface area contributed by atoms with Crippen LogP contribution in [0, 0.1) is 6.92 Å². The summed E-state index contributed by atoms with van der Waals surface area (Å²) in [7, 11) is 0. The van der Waals surface area contributed by atoms with Gasteiger partial charge in [-0.05, 0) is 55.2 Å². The summed E-state index contributed by atoms with van der Waals surface area (Å²) in [6, 6.07) is 13.7. The molecule has 2 nitrogen and oxygen atoms in total. The molecule has 1 aliphatic carbocycles. The molecule has 0 aliphatic heterocycles. The third kappa shape index (κ3) is 2.39. The summed E-state index contributed by atoms with van der Waals surface area (Å²) in [4.78, 5) is 11.8. The summed E-state index contributed by atoms with van der Waals surface area (Å²) < 4.78 is 5.90. The van der Waals surface area contributed by atoms with Crippen LogP contribution in [-0.4, -0.2) is 5.78 Å². The quantitative estimate of drug-likeness (QED) is 0.796. The Balaban J connectivity index is 1.91. The number of aryl methyl sites for hydroxylation is 2. The molecule has 0 amide bonds. The van der Waals surface area contributed by atoms with Crippen LogP contribution in [0.1, 0.15) is 34.3 Å². The molecule has 2 aromatic carbocycles. The monoisotopic (exact) mass is 252 g/mol. The lowest BCUT2D eigenvalue weighted by molar-refractivity contribution is 0.0972. The molecule has 2 heteroatoms. The van der Waals surface area contributed by atoms with Crippen molar-refractivity contribution in [2.24, 2.45) is 0 Å². The Morgan fingerprint density at radius 1 is 1.05 bits per heavy atom. The van der Waals surface area contributed by atoms with Crippen molar-refractivity contribution in [3.8, 4) is 11.5 Å². The van der Waals surface area contributed by atoms with E-state index in [9.17, 15) is 4.79 Å². The van der Waals surface area contributed by atoms with Gasteiger partial charge in [0, 0.05) is 12.0 Å². The smallest absolute Gasteiger partial charge is 0.163 e. The van der Waals surface area contributed by atoms with Crippen molar-refractivity contribution in [1.82, 2.24) is 0 Å². The number of carbonyl (C=O) groups excluding carboxylic acids is 1. The average Bonchev–Trinajstić information content (AvgIpc) is 2.42. The summed E-state index contributed by atoms with van der Waals surface area (Å²) in [6.45, 7) is 2.03.